The smallest absolute Gasteiger partial charge is 0.240 e. The van der Waals surface area contributed by atoms with E-state index in [4.69, 9.17) is 0 Å². The van der Waals surface area contributed by atoms with Gasteiger partial charge in [0.1, 0.15) is 11.6 Å². The van der Waals surface area contributed by atoms with E-state index in [1.807, 2.05) is 6.20 Å². The quantitative estimate of drug-likeness (QED) is 0.558. The second-order valence-corrected chi connectivity index (χ2v) is 9.15. The number of halogens is 2. The number of hydrogen-bond donors (Lipinski definition) is 2. The van der Waals surface area contributed by atoms with Gasteiger partial charge in [0, 0.05) is 42.3 Å². The summed E-state index contributed by atoms with van der Waals surface area (Å²) in [6.45, 7) is 2.64. The number of rotatable bonds is 7. The van der Waals surface area contributed by atoms with Crippen molar-refractivity contribution >= 4 is 26.5 Å². The molecule has 2 N–H and O–H groups in total. The molecule has 0 saturated heterocycles. The molecule has 1 aliphatic heterocycles. The molecule has 0 amide bonds. The molecule has 1 aliphatic rings. The Morgan fingerprint density at radius 1 is 1.10 bits per heavy atom. The zero-order valence-corrected chi connectivity index (χ0v) is 17.2. The molecule has 0 unspecified atom stereocenters. The maximum Gasteiger partial charge on any atom is 0.240 e. The third-order valence-electron chi connectivity index (χ3n) is 5.33. The molecular weight excluding hydrogens is 408 g/mol. The number of sulfonamides is 1. The zero-order valence-electron chi connectivity index (χ0n) is 16.4. The number of H-pyrrole nitrogens is 1. The van der Waals surface area contributed by atoms with Gasteiger partial charge in [0.2, 0.25) is 10.0 Å². The number of fused-ring (bicyclic) bond motifs is 1. The fraction of sp³-hybridized carbons (Fsp3) is 0.273. The van der Waals surface area contributed by atoms with Crippen molar-refractivity contribution < 1.29 is 17.2 Å². The lowest BCUT2D eigenvalue weighted by atomic mass is 9.99. The summed E-state index contributed by atoms with van der Waals surface area (Å²) in [6, 6.07) is 9.72. The van der Waals surface area contributed by atoms with Crippen molar-refractivity contribution in [2.75, 3.05) is 26.2 Å². The normalized spacial score (nSPS) is 15.5. The van der Waals surface area contributed by atoms with Crippen LogP contribution in [0.2, 0.25) is 0 Å². The highest BCUT2D eigenvalue weighted by Gasteiger charge is 2.17. The van der Waals surface area contributed by atoms with Gasteiger partial charge < -0.3 is 4.98 Å². The fourth-order valence-electron chi connectivity index (χ4n) is 3.74. The molecule has 3 aromatic rings. The van der Waals surface area contributed by atoms with E-state index in [1.165, 1.54) is 29.8 Å². The molecule has 0 aliphatic carbocycles. The van der Waals surface area contributed by atoms with Gasteiger partial charge in [-0.25, -0.2) is 21.9 Å². The van der Waals surface area contributed by atoms with E-state index in [1.54, 1.807) is 12.1 Å². The number of aromatic amines is 1. The second-order valence-electron chi connectivity index (χ2n) is 7.38. The van der Waals surface area contributed by atoms with Crippen LogP contribution in [0.1, 0.15) is 18.4 Å². The summed E-state index contributed by atoms with van der Waals surface area (Å²) in [5.41, 5.74) is 3.14. The third kappa shape index (κ3) is 4.61. The molecule has 0 radical (unpaired) electrons. The van der Waals surface area contributed by atoms with Crippen LogP contribution in [-0.2, 0) is 10.0 Å². The van der Waals surface area contributed by atoms with Crippen molar-refractivity contribution in [3.8, 4) is 0 Å². The van der Waals surface area contributed by atoms with E-state index in [2.05, 4.69) is 20.7 Å². The van der Waals surface area contributed by atoms with Crippen molar-refractivity contribution in [2.24, 2.45) is 0 Å². The number of nitrogens with one attached hydrogen (secondary N) is 2. The Morgan fingerprint density at radius 3 is 2.70 bits per heavy atom. The van der Waals surface area contributed by atoms with Crippen LogP contribution in [0.15, 0.2) is 59.6 Å². The lowest BCUT2D eigenvalue weighted by Crippen LogP contribution is -2.32. The summed E-state index contributed by atoms with van der Waals surface area (Å²) < 4.78 is 53.8. The number of aromatic nitrogens is 1. The maximum absolute atomic E-state index is 13.6. The van der Waals surface area contributed by atoms with Crippen LogP contribution in [0.3, 0.4) is 0 Å². The Hall–Kier alpha value is -2.55. The Balaban J connectivity index is 1.29. The van der Waals surface area contributed by atoms with E-state index in [0.717, 1.165) is 48.6 Å². The summed E-state index contributed by atoms with van der Waals surface area (Å²) in [5, 5.41) is 0.890. The summed E-state index contributed by atoms with van der Waals surface area (Å²) >= 11 is 0. The monoisotopic (exact) mass is 431 g/mol. The fourth-order valence-corrected chi connectivity index (χ4v) is 4.85. The molecular formula is C22H23F2N3O2S. The molecule has 30 heavy (non-hydrogen) atoms. The van der Waals surface area contributed by atoms with Gasteiger partial charge >= 0.3 is 0 Å². The van der Waals surface area contributed by atoms with Crippen LogP contribution in [-0.4, -0.2) is 44.5 Å². The van der Waals surface area contributed by atoms with Gasteiger partial charge in [-0.15, -0.1) is 0 Å². The van der Waals surface area contributed by atoms with E-state index >= 15 is 0 Å². The molecule has 0 atom stereocenters. The summed E-state index contributed by atoms with van der Waals surface area (Å²) in [5.74, 6) is -0.825. The lowest BCUT2D eigenvalue weighted by Gasteiger charge is -2.26. The summed E-state index contributed by atoms with van der Waals surface area (Å²) in [6.07, 6.45) is 5.56. The van der Waals surface area contributed by atoms with Gasteiger partial charge in [0.25, 0.3) is 0 Å². The van der Waals surface area contributed by atoms with Crippen LogP contribution < -0.4 is 4.72 Å². The minimum Gasteiger partial charge on any atom is -0.361 e. The van der Waals surface area contributed by atoms with Gasteiger partial charge in [-0.3, -0.25) is 4.90 Å². The van der Waals surface area contributed by atoms with Gasteiger partial charge in [0.15, 0.2) is 0 Å². The standard InChI is InChI=1S/C22H23F2N3O2S/c23-17-3-1-4-19(13-17)30(28,29)26-9-2-10-27-11-7-16(8-12-27)21-15-25-22-6-5-18(24)14-20(21)22/h1,3-7,13-15,25-26H,2,8-12H2. The highest BCUT2D eigenvalue weighted by molar-refractivity contribution is 7.89. The largest absolute Gasteiger partial charge is 0.361 e. The molecule has 0 saturated carbocycles. The first-order valence-corrected chi connectivity index (χ1v) is 11.3. The lowest BCUT2D eigenvalue weighted by molar-refractivity contribution is 0.298. The van der Waals surface area contributed by atoms with Crippen molar-refractivity contribution in [1.82, 2.24) is 14.6 Å². The van der Waals surface area contributed by atoms with Gasteiger partial charge in [0.05, 0.1) is 4.90 Å². The number of benzene rings is 2. The van der Waals surface area contributed by atoms with Crippen LogP contribution >= 0.6 is 0 Å². The highest BCUT2D eigenvalue weighted by Crippen LogP contribution is 2.29. The zero-order chi connectivity index (χ0) is 21.1. The van der Waals surface area contributed by atoms with E-state index in [9.17, 15) is 17.2 Å². The van der Waals surface area contributed by atoms with E-state index in [-0.39, 0.29) is 17.3 Å². The molecule has 0 bridgehead atoms. The number of nitrogens with zero attached hydrogens (tertiary/aromatic N) is 1. The SMILES string of the molecule is O=S(=O)(NCCCN1CC=C(c2c[nH]c3ccc(F)cc23)CC1)c1cccc(F)c1. The molecule has 4 rings (SSSR count). The average molecular weight is 432 g/mol. The predicted molar refractivity (Wildman–Crippen MR) is 113 cm³/mol. The first-order valence-electron chi connectivity index (χ1n) is 9.86. The molecule has 5 nitrogen and oxygen atoms in total. The third-order valence-corrected chi connectivity index (χ3v) is 6.79. The molecule has 2 aromatic carbocycles. The molecule has 158 valence electrons. The molecule has 0 spiro atoms. The topological polar surface area (TPSA) is 65.2 Å². The maximum atomic E-state index is 13.6. The van der Waals surface area contributed by atoms with E-state index < -0.39 is 15.8 Å². The first kappa shape index (κ1) is 20.7. The van der Waals surface area contributed by atoms with Crippen LogP contribution in [0.4, 0.5) is 8.78 Å². The minimum absolute atomic E-state index is 0.0665. The molecule has 2 heterocycles. The highest BCUT2D eigenvalue weighted by atomic mass is 32.2. The Kier molecular flexibility index (Phi) is 5.99. The van der Waals surface area contributed by atoms with Gasteiger partial charge in [-0.2, -0.15) is 0 Å². The summed E-state index contributed by atoms with van der Waals surface area (Å²) in [7, 11) is -3.70. The van der Waals surface area contributed by atoms with Crippen LogP contribution in [0, 0.1) is 11.6 Å². The van der Waals surface area contributed by atoms with Crippen LogP contribution in [0.5, 0.6) is 0 Å². The van der Waals surface area contributed by atoms with E-state index in [0.29, 0.717) is 6.42 Å². The minimum atomic E-state index is -3.70. The van der Waals surface area contributed by atoms with Crippen molar-refractivity contribution in [1.29, 1.82) is 0 Å². The Bertz CT molecular complexity index is 1190. The van der Waals surface area contributed by atoms with Crippen molar-refractivity contribution in [3.63, 3.8) is 0 Å². The van der Waals surface area contributed by atoms with Crippen LogP contribution in [0.25, 0.3) is 16.5 Å². The van der Waals surface area contributed by atoms with Crippen molar-refractivity contribution in [2.45, 2.75) is 17.7 Å². The number of hydrogen-bond acceptors (Lipinski definition) is 3. The molecule has 0 fully saturated rings. The predicted octanol–water partition coefficient (Wildman–Crippen LogP) is 3.90. The Morgan fingerprint density at radius 2 is 1.93 bits per heavy atom. The summed E-state index contributed by atoms with van der Waals surface area (Å²) in [4.78, 5) is 5.37. The van der Waals surface area contributed by atoms with Gasteiger partial charge in [-0.1, -0.05) is 12.1 Å². The first-order chi connectivity index (χ1) is 14.4. The Labute approximate surface area is 174 Å². The second kappa shape index (κ2) is 8.67. The average Bonchev–Trinajstić information content (AvgIpc) is 3.15. The van der Waals surface area contributed by atoms with Gasteiger partial charge in [-0.05, 0) is 61.4 Å². The molecule has 1 aromatic heterocycles. The van der Waals surface area contributed by atoms with Crippen molar-refractivity contribution in [3.05, 3.63) is 71.9 Å². The molecule has 8 heteroatoms.